The van der Waals surface area contributed by atoms with E-state index in [2.05, 4.69) is 42.8 Å². The fourth-order valence-corrected chi connectivity index (χ4v) is 3.49. The second-order valence-corrected chi connectivity index (χ2v) is 8.10. The van der Waals surface area contributed by atoms with Gasteiger partial charge in [-0.2, -0.15) is 0 Å². The molecule has 28 heavy (non-hydrogen) atoms. The highest BCUT2D eigenvalue weighted by Gasteiger charge is 2.22. The van der Waals surface area contributed by atoms with Crippen molar-refractivity contribution in [2.45, 2.75) is 70.3 Å². The molecular formula is C23H36ClN3O. The van der Waals surface area contributed by atoms with Crippen molar-refractivity contribution in [2.75, 3.05) is 20.7 Å². The number of rotatable bonds is 13. The summed E-state index contributed by atoms with van der Waals surface area (Å²) in [6, 6.07) is 8.42. The van der Waals surface area contributed by atoms with Gasteiger partial charge in [0.1, 0.15) is 11.6 Å². The Balaban J connectivity index is 2.23. The van der Waals surface area contributed by atoms with Crippen molar-refractivity contribution in [3.63, 3.8) is 0 Å². The van der Waals surface area contributed by atoms with E-state index in [1.165, 1.54) is 31.2 Å². The third-order valence-corrected chi connectivity index (χ3v) is 5.74. The van der Waals surface area contributed by atoms with E-state index in [1.807, 2.05) is 31.3 Å². The lowest BCUT2D eigenvalue weighted by atomic mass is 9.91. The topological polar surface area (TPSA) is 30.3 Å². The fourth-order valence-electron chi connectivity index (χ4n) is 3.40. The van der Waals surface area contributed by atoms with Crippen molar-refractivity contribution >= 4 is 11.6 Å². The van der Waals surface area contributed by atoms with E-state index in [1.54, 1.807) is 0 Å². The predicted octanol–water partition coefficient (Wildman–Crippen LogP) is 5.90. The minimum atomic E-state index is -0.0176. The normalized spacial score (nSPS) is 13.6. The molecule has 156 valence electrons. The summed E-state index contributed by atoms with van der Waals surface area (Å²) in [5.74, 6) is 2.36. The van der Waals surface area contributed by atoms with E-state index in [0.29, 0.717) is 6.61 Å². The number of hydrogen-bond donors (Lipinski definition) is 0. The highest BCUT2D eigenvalue weighted by Crippen LogP contribution is 2.35. The van der Waals surface area contributed by atoms with Crippen molar-refractivity contribution in [2.24, 2.45) is 0 Å². The summed E-state index contributed by atoms with van der Waals surface area (Å²) < 4.78 is 8.51. The summed E-state index contributed by atoms with van der Waals surface area (Å²) in [6.45, 7) is 6.10. The quantitative estimate of drug-likeness (QED) is 0.307. The van der Waals surface area contributed by atoms with Gasteiger partial charge in [-0.15, -0.1) is 11.6 Å². The first kappa shape index (κ1) is 22.8. The second-order valence-electron chi connectivity index (χ2n) is 7.60. The molecule has 0 aliphatic carbocycles. The molecule has 0 aliphatic heterocycles. The number of halogens is 1. The molecule has 1 aromatic carbocycles. The molecule has 1 aromatic heterocycles. The highest BCUT2D eigenvalue weighted by molar-refractivity contribution is 6.20. The lowest BCUT2D eigenvalue weighted by molar-refractivity contribution is 0.262. The van der Waals surface area contributed by atoms with Gasteiger partial charge in [-0.25, -0.2) is 4.98 Å². The minimum absolute atomic E-state index is 0.0176. The van der Waals surface area contributed by atoms with Crippen LogP contribution in [0.4, 0.5) is 0 Å². The lowest BCUT2D eigenvalue weighted by Crippen LogP contribution is -2.24. The van der Waals surface area contributed by atoms with Crippen LogP contribution in [-0.2, 0) is 6.54 Å². The van der Waals surface area contributed by atoms with Crippen molar-refractivity contribution < 1.29 is 4.74 Å². The van der Waals surface area contributed by atoms with Gasteiger partial charge in [-0.05, 0) is 33.0 Å². The van der Waals surface area contributed by atoms with Crippen LogP contribution >= 0.6 is 11.6 Å². The molecule has 2 rings (SSSR count). The van der Waals surface area contributed by atoms with Gasteiger partial charge >= 0.3 is 0 Å². The second kappa shape index (κ2) is 12.1. The molecule has 1 heterocycles. The van der Waals surface area contributed by atoms with Gasteiger partial charge in [-0.1, -0.05) is 51.3 Å². The zero-order valence-corrected chi connectivity index (χ0v) is 18.7. The average Bonchev–Trinajstić information content (AvgIpc) is 3.15. The molecule has 5 heteroatoms. The third kappa shape index (κ3) is 6.52. The van der Waals surface area contributed by atoms with Crippen molar-refractivity contribution in [1.29, 1.82) is 0 Å². The summed E-state index contributed by atoms with van der Waals surface area (Å²) in [6.07, 6.45) is 10.6. The standard InChI is InChI=1S/C23H36ClN3O/c1-5-7-11-20(23-25-15-17-27(23)16-8-6-2)19-12-9-10-13-21(19)28-18-14-22(24)26(3)4/h9-10,12-13,15,17,20,22H,5-8,11,14,16,18H2,1-4H3. The molecule has 0 bridgehead atoms. The molecule has 2 aromatic rings. The molecule has 2 unspecified atom stereocenters. The summed E-state index contributed by atoms with van der Waals surface area (Å²) in [7, 11) is 3.98. The van der Waals surface area contributed by atoms with Gasteiger partial charge < -0.3 is 9.30 Å². The Bertz CT molecular complexity index is 686. The molecule has 0 aliphatic rings. The van der Waals surface area contributed by atoms with E-state index in [-0.39, 0.29) is 11.4 Å². The zero-order chi connectivity index (χ0) is 20.4. The van der Waals surface area contributed by atoms with Crippen LogP contribution in [-0.4, -0.2) is 40.7 Å². The molecule has 0 radical (unpaired) electrons. The molecule has 2 atom stereocenters. The van der Waals surface area contributed by atoms with E-state index in [4.69, 9.17) is 21.3 Å². The van der Waals surface area contributed by atoms with Gasteiger partial charge in [0, 0.05) is 36.8 Å². The number of para-hydroxylation sites is 1. The summed E-state index contributed by atoms with van der Waals surface area (Å²) in [5, 5.41) is 0. The molecule has 0 spiro atoms. The molecule has 0 N–H and O–H groups in total. The Morgan fingerprint density at radius 1 is 1.11 bits per heavy atom. The number of aryl methyl sites for hydroxylation is 1. The van der Waals surface area contributed by atoms with Crippen LogP contribution in [0.2, 0.25) is 0 Å². The number of unbranched alkanes of at least 4 members (excludes halogenated alkanes) is 2. The van der Waals surface area contributed by atoms with Crippen LogP contribution in [0.3, 0.4) is 0 Å². The number of imidazole rings is 1. The van der Waals surface area contributed by atoms with Crippen LogP contribution in [0.1, 0.15) is 69.7 Å². The Labute approximate surface area is 175 Å². The lowest BCUT2D eigenvalue weighted by Gasteiger charge is -2.22. The largest absolute Gasteiger partial charge is 0.493 e. The number of aromatic nitrogens is 2. The number of ether oxygens (including phenoxy) is 1. The predicted molar refractivity (Wildman–Crippen MR) is 118 cm³/mol. The Morgan fingerprint density at radius 3 is 2.57 bits per heavy atom. The first-order chi connectivity index (χ1) is 13.6. The summed E-state index contributed by atoms with van der Waals surface area (Å²) >= 11 is 6.34. The number of hydrogen-bond acceptors (Lipinski definition) is 3. The van der Waals surface area contributed by atoms with Crippen LogP contribution in [0, 0.1) is 0 Å². The maximum atomic E-state index is 6.34. The van der Waals surface area contributed by atoms with Crippen LogP contribution in [0.5, 0.6) is 5.75 Å². The molecule has 4 nitrogen and oxygen atoms in total. The van der Waals surface area contributed by atoms with Crippen LogP contribution in [0.25, 0.3) is 0 Å². The monoisotopic (exact) mass is 405 g/mol. The molecule has 0 saturated carbocycles. The van der Waals surface area contributed by atoms with Crippen molar-refractivity contribution in [3.8, 4) is 5.75 Å². The first-order valence-electron chi connectivity index (χ1n) is 10.6. The maximum Gasteiger partial charge on any atom is 0.123 e. The van der Waals surface area contributed by atoms with E-state index < -0.39 is 0 Å². The van der Waals surface area contributed by atoms with Crippen LogP contribution in [0.15, 0.2) is 36.7 Å². The Hall–Kier alpha value is -1.52. The number of benzene rings is 1. The van der Waals surface area contributed by atoms with Gasteiger partial charge in [-0.3, -0.25) is 4.90 Å². The highest BCUT2D eigenvalue weighted by atomic mass is 35.5. The Morgan fingerprint density at radius 2 is 1.86 bits per heavy atom. The molecular weight excluding hydrogens is 370 g/mol. The fraction of sp³-hybridized carbons (Fsp3) is 0.609. The maximum absolute atomic E-state index is 6.34. The Kier molecular flexibility index (Phi) is 9.86. The molecule has 0 amide bonds. The molecule has 0 saturated heterocycles. The summed E-state index contributed by atoms with van der Waals surface area (Å²) in [5.41, 5.74) is 1.21. The third-order valence-electron chi connectivity index (χ3n) is 5.13. The van der Waals surface area contributed by atoms with Crippen LogP contribution < -0.4 is 4.74 Å². The summed E-state index contributed by atoms with van der Waals surface area (Å²) in [4.78, 5) is 6.76. The average molecular weight is 406 g/mol. The van der Waals surface area contributed by atoms with E-state index >= 15 is 0 Å². The van der Waals surface area contributed by atoms with Gasteiger partial charge in [0.2, 0.25) is 0 Å². The van der Waals surface area contributed by atoms with Gasteiger partial charge in [0.05, 0.1) is 12.1 Å². The SMILES string of the molecule is CCCCC(c1ccccc1OCCC(Cl)N(C)C)c1nccn1CCCC. The number of nitrogens with zero attached hydrogens (tertiary/aromatic N) is 3. The zero-order valence-electron chi connectivity index (χ0n) is 17.9. The first-order valence-corrected chi connectivity index (χ1v) is 11.0. The smallest absolute Gasteiger partial charge is 0.123 e. The van der Waals surface area contributed by atoms with E-state index in [9.17, 15) is 0 Å². The molecule has 0 fully saturated rings. The van der Waals surface area contributed by atoms with Crippen molar-refractivity contribution in [1.82, 2.24) is 14.5 Å². The minimum Gasteiger partial charge on any atom is -0.493 e. The van der Waals surface area contributed by atoms with E-state index in [0.717, 1.165) is 31.0 Å². The van der Waals surface area contributed by atoms with Gasteiger partial charge in [0.25, 0.3) is 0 Å². The van der Waals surface area contributed by atoms with Gasteiger partial charge in [0.15, 0.2) is 0 Å². The van der Waals surface area contributed by atoms with Crippen molar-refractivity contribution in [3.05, 3.63) is 48.0 Å². The number of alkyl halides is 1.